The van der Waals surface area contributed by atoms with Gasteiger partial charge in [-0.2, -0.15) is 0 Å². The third kappa shape index (κ3) is 69.2. The minimum Gasteiger partial charge on any atom is -0.462 e. The summed E-state index contributed by atoms with van der Waals surface area (Å²) in [4.78, 5) is 72.8. The first kappa shape index (κ1) is 94.1. The molecular formula is C77H150O17P2. The predicted molar refractivity (Wildman–Crippen MR) is 391 cm³/mol. The topological polar surface area (TPSA) is 237 Å². The summed E-state index contributed by atoms with van der Waals surface area (Å²) in [6.07, 6.45) is 51.6. The Bertz CT molecular complexity index is 1890. The van der Waals surface area contributed by atoms with Gasteiger partial charge in [0.25, 0.3) is 0 Å². The quantitative estimate of drug-likeness (QED) is 0.0222. The molecule has 0 heterocycles. The van der Waals surface area contributed by atoms with Gasteiger partial charge in [-0.1, -0.05) is 338 Å². The van der Waals surface area contributed by atoms with Crippen molar-refractivity contribution in [1.82, 2.24) is 0 Å². The lowest BCUT2D eigenvalue weighted by molar-refractivity contribution is -0.161. The molecule has 0 aliphatic rings. The van der Waals surface area contributed by atoms with E-state index in [0.29, 0.717) is 31.6 Å². The number of aliphatic hydroxyl groups is 1. The summed E-state index contributed by atoms with van der Waals surface area (Å²) >= 11 is 0. The standard InChI is InChI=1S/C77H150O17P2/c1-9-70(8)56-48-40-35-36-42-50-58-75(80)88-64-73(94-77(82)60-52-44-33-27-23-19-18-21-25-30-38-46-54-68(4)5)66-92-96(85,86)90-62-71(78)61-89-95(83,84)91-65-72(63-87-74(79)57-49-41-34-28-31-39-47-55-69(6)7)93-76(81)59-51-43-32-26-22-17-15-13-11-10-12-14-16-20-24-29-37-45-53-67(2)3/h67-73,78H,9-66H2,1-8H3,(H,83,84)(H,85,86)/t70?,71-,72-,73-/m1/s1. The Morgan fingerprint density at radius 3 is 0.740 bits per heavy atom. The first-order valence-electron chi connectivity index (χ1n) is 39.7. The first-order valence-corrected chi connectivity index (χ1v) is 42.7. The van der Waals surface area contributed by atoms with Crippen LogP contribution in [-0.2, 0) is 65.4 Å². The second kappa shape index (κ2) is 66.3. The fraction of sp³-hybridized carbons (Fsp3) is 0.948. The summed E-state index contributed by atoms with van der Waals surface area (Å²) in [7, 11) is -9.91. The maximum atomic E-state index is 13.1. The number of phosphoric acid groups is 2. The third-order valence-electron chi connectivity index (χ3n) is 18.2. The molecule has 3 unspecified atom stereocenters. The van der Waals surface area contributed by atoms with Gasteiger partial charge < -0.3 is 33.8 Å². The van der Waals surface area contributed by atoms with Crippen LogP contribution in [0.3, 0.4) is 0 Å². The van der Waals surface area contributed by atoms with E-state index < -0.39 is 97.5 Å². The normalized spacial score (nSPS) is 14.4. The number of unbranched alkanes of at least 4 members (excludes halogenated alkanes) is 39. The van der Waals surface area contributed by atoms with E-state index in [1.165, 1.54) is 180 Å². The number of carbonyl (C=O) groups is 4. The van der Waals surface area contributed by atoms with Crippen molar-refractivity contribution in [3.05, 3.63) is 0 Å². The lowest BCUT2D eigenvalue weighted by Gasteiger charge is -2.21. The highest BCUT2D eigenvalue weighted by Gasteiger charge is 2.30. The average molecular weight is 1410 g/mol. The average Bonchev–Trinajstić information content (AvgIpc) is 3.47. The Hall–Kier alpha value is -1.94. The lowest BCUT2D eigenvalue weighted by Crippen LogP contribution is -2.30. The van der Waals surface area contributed by atoms with E-state index in [1.807, 2.05) is 0 Å². The smallest absolute Gasteiger partial charge is 0.462 e. The van der Waals surface area contributed by atoms with Gasteiger partial charge in [-0.3, -0.25) is 37.3 Å². The molecule has 6 atom stereocenters. The summed E-state index contributed by atoms with van der Waals surface area (Å²) in [5.41, 5.74) is 0. The second-order valence-corrected chi connectivity index (χ2v) is 32.3. The summed E-state index contributed by atoms with van der Waals surface area (Å²) in [6.45, 7) is 14.2. The van der Waals surface area contributed by atoms with Crippen molar-refractivity contribution in [2.75, 3.05) is 39.6 Å². The minimum atomic E-state index is -4.96. The molecule has 19 heteroatoms. The van der Waals surface area contributed by atoms with Gasteiger partial charge in [0.2, 0.25) is 0 Å². The maximum absolute atomic E-state index is 13.1. The Kier molecular flexibility index (Phi) is 65.0. The molecule has 0 spiro atoms. The minimum absolute atomic E-state index is 0.105. The number of hydrogen-bond acceptors (Lipinski definition) is 15. The molecular weight excluding hydrogens is 1260 g/mol. The summed E-state index contributed by atoms with van der Waals surface area (Å²) in [5.74, 6) is 0.910. The number of carbonyl (C=O) groups excluding carboxylic acids is 4. The van der Waals surface area contributed by atoms with Crippen LogP contribution in [0.2, 0.25) is 0 Å². The molecule has 3 N–H and O–H groups in total. The Labute approximate surface area is 588 Å². The molecule has 0 aliphatic heterocycles. The summed E-state index contributed by atoms with van der Waals surface area (Å²) in [6, 6.07) is 0. The number of rotatable bonds is 74. The molecule has 0 bridgehead atoms. The highest BCUT2D eigenvalue weighted by molar-refractivity contribution is 7.47. The predicted octanol–water partition coefficient (Wildman–Crippen LogP) is 22.4. The van der Waals surface area contributed by atoms with E-state index in [4.69, 9.17) is 37.0 Å². The van der Waals surface area contributed by atoms with Crippen molar-refractivity contribution in [1.29, 1.82) is 0 Å². The zero-order valence-electron chi connectivity index (χ0n) is 63.0. The zero-order chi connectivity index (χ0) is 71.0. The van der Waals surface area contributed by atoms with Crippen LogP contribution < -0.4 is 0 Å². The molecule has 17 nitrogen and oxygen atoms in total. The molecule has 96 heavy (non-hydrogen) atoms. The van der Waals surface area contributed by atoms with Crippen molar-refractivity contribution in [2.24, 2.45) is 23.7 Å². The van der Waals surface area contributed by atoms with Crippen LogP contribution in [0.4, 0.5) is 0 Å². The first-order chi connectivity index (χ1) is 46.1. The molecule has 570 valence electrons. The second-order valence-electron chi connectivity index (χ2n) is 29.4. The SMILES string of the molecule is CCC(C)CCCCCCCCC(=O)OC[C@H](COP(=O)(O)OC[C@H](O)COP(=O)(O)OC[C@@H](COC(=O)CCCCCCCCCC(C)C)OC(=O)CCCCCCCCCCCCCCCCCCCCC(C)C)OC(=O)CCCCCCCCCCCCCCC(C)C. The number of aliphatic hydroxyl groups excluding tert-OH is 1. The van der Waals surface area contributed by atoms with Crippen molar-refractivity contribution in [3.63, 3.8) is 0 Å². The van der Waals surface area contributed by atoms with Crippen LogP contribution in [0.25, 0.3) is 0 Å². The Balaban J connectivity index is 5.18. The lowest BCUT2D eigenvalue weighted by atomic mass is 10.00. The number of ether oxygens (including phenoxy) is 4. The fourth-order valence-corrected chi connectivity index (χ4v) is 13.3. The zero-order valence-corrected chi connectivity index (χ0v) is 64.8. The van der Waals surface area contributed by atoms with E-state index in [1.54, 1.807) is 0 Å². The van der Waals surface area contributed by atoms with Crippen molar-refractivity contribution >= 4 is 39.5 Å². The van der Waals surface area contributed by atoms with Gasteiger partial charge in [-0.25, -0.2) is 9.13 Å². The van der Waals surface area contributed by atoms with E-state index in [-0.39, 0.29) is 25.7 Å². The third-order valence-corrected chi connectivity index (χ3v) is 20.1. The highest BCUT2D eigenvalue weighted by atomic mass is 31.2. The van der Waals surface area contributed by atoms with Gasteiger partial charge in [-0.05, 0) is 49.4 Å². The van der Waals surface area contributed by atoms with Crippen LogP contribution in [0.15, 0.2) is 0 Å². The van der Waals surface area contributed by atoms with Gasteiger partial charge in [-0.15, -0.1) is 0 Å². The van der Waals surface area contributed by atoms with Gasteiger partial charge >= 0.3 is 39.5 Å². The van der Waals surface area contributed by atoms with Crippen molar-refractivity contribution < 1.29 is 80.2 Å². The summed E-state index contributed by atoms with van der Waals surface area (Å²) in [5, 5.41) is 10.6. The van der Waals surface area contributed by atoms with Crippen LogP contribution in [0.1, 0.15) is 389 Å². The number of hydrogen-bond donors (Lipinski definition) is 3. The molecule has 0 aromatic rings. The number of esters is 4. The van der Waals surface area contributed by atoms with Crippen LogP contribution in [-0.4, -0.2) is 96.7 Å². The van der Waals surface area contributed by atoms with Gasteiger partial charge in [0.05, 0.1) is 26.4 Å². The van der Waals surface area contributed by atoms with Gasteiger partial charge in [0.15, 0.2) is 12.2 Å². The molecule has 0 saturated heterocycles. The van der Waals surface area contributed by atoms with E-state index in [2.05, 4.69) is 55.4 Å². The number of phosphoric ester groups is 2. The van der Waals surface area contributed by atoms with Crippen LogP contribution in [0.5, 0.6) is 0 Å². The molecule has 0 saturated carbocycles. The van der Waals surface area contributed by atoms with Crippen molar-refractivity contribution in [2.45, 2.75) is 408 Å². The van der Waals surface area contributed by atoms with E-state index >= 15 is 0 Å². The van der Waals surface area contributed by atoms with Crippen LogP contribution in [0, 0.1) is 23.7 Å². The Morgan fingerprint density at radius 2 is 0.500 bits per heavy atom. The molecule has 0 amide bonds. The van der Waals surface area contributed by atoms with E-state index in [9.17, 15) is 43.2 Å². The largest absolute Gasteiger partial charge is 0.472 e. The maximum Gasteiger partial charge on any atom is 0.472 e. The van der Waals surface area contributed by atoms with E-state index in [0.717, 1.165) is 120 Å². The molecule has 0 aliphatic carbocycles. The molecule has 0 aromatic carbocycles. The van der Waals surface area contributed by atoms with Gasteiger partial charge in [0.1, 0.15) is 19.3 Å². The fourth-order valence-electron chi connectivity index (χ4n) is 11.7. The highest BCUT2D eigenvalue weighted by Crippen LogP contribution is 2.45. The summed E-state index contributed by atoms with van der Waals surface area (Å²) < 4.78 is 68.5. The molecule has 0 aromatic heterocycles. The van der Waals surface area contributed by atoms with Gasteiger partial charge in [0, 0.05) is 25.7 Å². The molecule has 0 rings (SSSR count). The van der Waals surface area contributed by atoms with Crippen LogP contribution >= 0.6 is 15.6 Å². The van der Waals surface area contributed by atoms with Crippen molar-refractivity contribution in [3.8, 4) is 0 Å². The monoisotopic (exact) mass is 1410 g/mol. The Morgan fingerprint density at radius 1 is 0.292 bits per heavy atom. The molecule has 0 radical (unpaired) electrons. The molecule has 0 fully saturated rings.